The molecule has 1 rings (SSSR count). The minimum Gasteiger partial charge on any atom is -0.262 e. The van der Waals surface area contributed by atoms with Gasteiger partial charge in [-0.1, -0.05) is 5.01 Å². The topological polar surface area (TPSA) is 49.6 Å². The van der Waals surface area contributed by atoms with Crippen LogP contribution in [0.5, 0.6) is 0 Å². The number of nitrogens with zero attached hydrogens (tertiary/aromatic N) is 3. The van der Waals surface area contributed by atoms with Crippen molar-refractivity contribution in [2.24, 2.45) is 0 Å². The molecule has 1 aliphatic heterocycles. The number of hydrogen-bond acceptors (Lipinski definition) is 3. The van der Waals surface area contributed by atoms with Crippen molar-refractivity contribution in [1.29, 1.82) is 0 Å². The molecule has 1 fully saturated rings. The van der Waals surface area contributed by atoms with Crippen LogP contribution >= 0.6 is 0 Å². The van der Waals surface area contributed by atoms with Crippen LogP contribution in [0.25, 0.3) is 0 Å². The molecular weight excluding hydrogens is 110 g/mol. The zero-order valence-electron chi connectivity index (χ0n) is 4.57. The molecule has 5 nitrogen and oxygen atoms in total. The van der Waals surface area contributed by atoms with Gasteiger partial charge in [-0.05, 0) is 7.05 Å². The molecule has 1 saturated heterocycles. The highest BCUT2D eigenvalue weighted by Crippen LogP contribution is 2.02. The molecule has 0 aromatic heterocycles. The molecule has 1 aliphatic rings. The summed E-state index contributed by atoms with van der Waals surface area (Å²) in [6.45, 7) is 0.903. The van der Waals surface area contributed by atoms with E-state index in [0.717, 1.165) is 5.01 Å². The molecule has 0 saturated carbocycles. The van der Waals surface area contributed by atoms with E-state index in [4.69, 9.17) is 0 Å². The Labute approximate surface area is 46.6 Å². The van der Waals surface area contributed by atoms with E-state index < -0.39 is 0 Å². The van der Waals surface area contributed by atoms with Crippen LogP contribution in [0.15, 0.2) is 0 Å². The summed E-state index contributed by atoms with van der Waals surface area (Å²) in [6, 6.07) is 0. The highest BCUT2D eigenvalue weighted by atomic mass is 16.7. The molecule has 0 aromatic carbocycles. The normalized spacial score (nSPS) is 20.4. The Morgan fingerprint density at radius 1 is 1.62 bits per heavy atom. The molecule has 0 aliphatic carbocycles. The summed E-state index contributed by atoms with van der Waals surface area (Å²) in [7, 11) is 1.83. The Balaban J connectivity index is 2.25. The monoisotopic (exact) mass is 117 g/mol. The van der Waals surface area contributed by atoms with E-state index in [2.05, 4.69) is 0 Å². The SMILES string of the molecule is CN1CN([N+](=O)[O-])C1. The first kappa shape index (κ1) is 5.30. The molecule has 0 aromatic rings. The Morgan fingerprint density at radius 3 is 2.25 bits per heavy atom. The zero-order valence-corrected chi connectivity index (χ0v) is 4.57. The first-order valence-corrected chi connectivity index (χ1v) is 2.28. The number of rotatable bonds is 1. The second kappa shape index (κ2) is 1.59. The van der Waals surface area contributed by atoms with Crippen LogP contribution in [0.2, 0.25) is 0 Å². The van der Waals surface area contributed by atoms with Gasteiger partial charge in [0.15, 0.2) is 5.03 Å². The van der Waals surface area contributed by atoms with Gasteiger partial charge in [0.1, 0.15) is 13.3 Å². The lowest BCUT2D eigenvalue weighted by Crippen LogP contribution is -2.55. The van der Waals surface area contributed by atoms with Crippen LogP contribution in [0.4, 0.5) is 0 Å². The molecule has 46 valence electrons. The van der Waals surface area contributed by atoms with E-state index in [-0.39, 0.29) is 5.03 Å². The first-order chi connectivity index (χ1) is 3.70. The third-order valence-corrected chi connectivity index (χ3v) is 1.04. The Hall–Kier alpha value is -0.840. The summed E-state index contributed by atoms with van der Waals surface area (Å²) in [5.41, 5.74) is 0. The fraction of sp³-hybridized carbons (Fsp3) is 1.00. The fourth-order valence-electron chi connectivity index (χ4n) is 0.619. The van der Waals surface area contributed by atoms with Gasteiger partial charge in [-0.2, -0.15) is 0 Å². The molecule has 0 N–H and O–H groups in total. The van der Waals surface area contributed by atoms with Gasteiger partial charge in [-0.15, -0.1) is 0 Å². The third kappa shape index (κ3) is 0.717. The highest BCUT2D eigenvalue weighted by Gasteiger charge is 2.27. The van der Waals surface area contributed by atoms with Gasteiger partial charge in [0, 0.05) is 0 Å². The summed E-state index contributed by atoms with van der Waals surface area (Å²) in [5, 5.41) is 10.6. The van der Waals surface area contributed by atoms with E-state index in [1.165, 1.54) is 0 Å². The van der Waals surface area contributed by atoms with Crippen molar-refractivity contribution in [1.82, 2.24) is 9.91 Å². The quantitative estimate of drug-likeness (QED) is 0.338. The van der Waals surface area contributed by atoms with Gasteiger partial charge in [0.05, 0.1) is 0 Å². The van der Waals surface area contributed by atoms with Crippen LogP contribution in [-0.4, -0.2) is 35.3 Å². The standard InChI is InChI=1S/C3H7N3O2/c1-4-2-5(3-4)6(7)8/h2-3H2,1H3. The van der Waals surface area contributed by atoms with Crippen molar-refractivity contribution in [2.45, 2.75) is 0 Å². The summed E-state index contributed by atoms with van der Waals surface area (Å²) in [6.07, 6.45) is 0. The van der Waals surface area contributed by atoms with E-state index in [9.17, 15) is 10.1 Å². The summed E-state index contributed by atoms with van der Waals surface area (Å²) in [5.74, 6) is 0. The molecule has 5 heteroatoms. The van der Waals surface area contributed by atoms with Crippen molar-refractivity contribution in [3.05, 3.63) is 10.1 Å². The molecule has 0 spiro atoms. The van der Waals surface area contributed by atoms with Gasteiger partial charge in [-0.3, -0.25) is 4.90 Å². The fourth-order valence-corrected chi connectivity index (χ4v) is 0.619. The van der Waals surface area contributed by atoms with Crippen LogP contribution in [0, 0.1) is 10.1 Å². The van der Waals surface area contributed by atoms with E-state index in [1.807, 2.05) is 11.9 Å². The zero-order chi connectivity index (χ0) is 6.15. The van der Waals surface area contributed by atoms with Crippen LogP contribution in [0.3, 0.4) is 0 Å². The molecule has 0 amide bonds. The highest BCUT2D eigenvalue weighted by molar-refractivity contribution is 4.54. The molecule has 0 atom stereocenters. The molecule has 1 heterocycles. The Kier molecular flexibility index (Phi) is 1.05. The number of nitro groups is 1. The molecular formula is C3H7N3O2. The molecule has 0 radical (unpaired) electrons. The molecule has 0 unspecified atom stereocenters. The van der Waals surface area contributed by atoms with Gasteiger partial charge in [0.25, 0.3) is 0 Å². The van der Waals surface area contributed by atoms with Crippen LogP contribution in [0.1, 0.15) is 0 Å². The second-order valence-corrected chi connectivity index (χ2v) is 1.88. The van der Waals surface area contributed by atoms with Gasteiger partial charge < -0.3 is 0 Å². The van der Waals surface area contributed by atoms with E-state index in [0.29, 0.717) is 13.3 Å². The lowest BCUT2D eigenvalue weighted by molar-refractivity contribution is -0.684. The number of hydrogen-bond donors (Lipinski definition) is 0. The lowest BCUT2D eigenvalue weighted by atomic mass is 10.6. The number of hydrazine groups is 1. The summed E-state index contributed by atoms with van der Waals surface area (Å²) < 4.78 is 0. The first-order valence-electron chi connectivity index (χ1n) is 2.28. The van der Waals surface area contributed by atoms with E-state index >= 15 is 0 Å². The van der Waals surface area contributed by atoms with Crippen molar-refractivity contribution in [3.63, 3.8) is 0 Å². The maximum atomic E-state index is 9.83. The minimum atomic E-state index is -0.389. The molecule has 0 bridgehead atoms. The average Bonchev–Trinajstić information content (AvgIpc) is 1.57. The Morgan fingerprint density at radius 2 is 2.12 bits per heavy atom. The largest absolute Gasteiger partial charge is 0.262 e. The lowest BCUT2D eigenvalue weighted by Gasteiger charge is -2.31. The van der Waals surface area contributed by atoms with Crippen molar-refractivity contribution in [2.75, 3.05) is 20.4 Å². The van der Waals surface area contributed by atoms with Crippen LogP contribution in [-0.2, 0) is 0 Å². The average molecular weight is 117 g/mol. The minimum absolute atomic E-state index is 0.389. The Bertz CT molecular complexity index is 109. The predicted molar refractivity (Wildman–Crippen MR) is 26.3 cm³/mol. The maximum absolute atomic E-state index is 9.83. The predicted octanol–water partition coefficient (Wildman–Crippen LogP) is -0.659. The van der Waals surface area contributed by atoms with Gasteiger partial charge >= 0.3 is 0 Å². The smallest absolute Gasteiger partial charge is 0.162 e. The maximum Gasteiger partial charge on any atom is 0.162 e. The second-order valence-electron chi connectivity index (χ2n) is 1.88. The molecule has 8 heavy (non-hydrogen) atoms. The van der Waals surface area contributed by atoms with E-state index in [1.54, 1.807) is 0 Å². The van der Waals surface area contributed by atoms with Crippen molar-refractivity contribution < 1.29 is 5.03 Å². The van der Waals surface area contributed by atoms with Crippen molar-refractivity contribution >= 4 is 0 Å². The summed E-state index contributed by atoms with van der Waals surface area (Å²) in [4.78, 5) is 11.7. The van der Waals surface area contributed by atoms with Crippen LogP contribution < -0.4 is 0 Å². The van der Waals surface area contributed by atoms with Gasteiger partial charge in [-0.25, -0.2) is 10.1 Å². The third-order valence-electron chi connectivity index (χ3n) is 1.04. The van der Waals surface area contributed by atoms with Gasteiger partial charge in [0.2, 0.25) is 0 Å². The summed E-state index contributed by atoms with van der Waals surface area (Å²) >= 11 is 0. The van der Waals surface area contributed by atoms with Crippen molar-refractivity contribution in [3.8, 4) is 0 Å².